The van der Waals surface area contributed by atoms with E-state index in [0.29, 0.717) is 5.56 Å². The van der Waals surface area contributed by atoms with Gasteiger partial charge in [0.15, 0.2) is 0 Å². The fourth-order valence-corrected chi connectivity index (χ4v) is 4.72. The topological polar surface area (TPSA) is 82.1 Å². The van der Waals surface area contributed by atoms with Gasteiger partial charge < -0.3 is 4.90 Å². The van der Waals surface area contributed by atoms with Crippen LogP contribution in [0, 0.1) is 5.92 Å². The van der Waals surface area contributed by atoms with Gasteiger partial charge in [-0.05, 0) is 69.6 Å². The molecule has 1 saturated heterocycles. The van der Waals surface area contributed by atoms with Crippen molar-refractivity contribution >= 4 is 21.6 Å². The molecule has 1 fully saturated rings. The Bertz CT molecular complexity index is 795. The zero-order chi connectivity index (χ0) is 20.9. The smallest absolute Gasteiger partial charge is 0.271 e. The molecular formula is C20H32N4O3S. The number of sulfonamides is 1. The minimum atomic E-state index is -3.58. The van der Waals surface area contributed by atoms with Crippen molar-refractivity contribution in [1.82, 2.24) is 14.6 Å². The van der Waals surface area contributed by atoms with E-state index in [1.165, 1.54) is 28.6 Å². The molecule has 0 atom stereocenters. The van der Waals surface area contributed by atoms with E-state index in [1.807, 2.05) is 27.8 Å². The Kier molecular flexibility index (Phi) is 7.74. The zero-order valence-electron chi connectivity index (χ0n) is 17.5. The number of nitrogens with zero attached hydrogens (tertiary/aromatic N) is 3. The molecule has 1 amide bonds. The third kappa shape index (κ3) is 5.40. The molecule has 156 valence electrons. The van der Waals surface area contributed by atoms with E-state index in [1.54, 1.807) is 7.05 Å². The Hall–Kier alpha value is -1.77. The lowest BCUT2D eigenvalue weighted by molar-refractivity contribution is 0.0954. The van der Waals surface area contributed by atoms with Gasteiger partial charge in [0.25, 0.3) is 5.91 Å². The lowest BCUT2D eigenvalue weighted by Crippen LogP contribution is -2.44. The standard InChI is InChI=1S/C20H32N4O3S/c1-6-19(15(2)3)21-22-20(25)16-7-9-18(10-8-16)28(26,27)24(5)17-11-13-23(4)14-12-17/h7-10,15,17H,6,11-14H2,1-5H3,(H,22,25)/b21-19-. The van der Waals surface area contributed by atoms with Crippen LogP contribution in [0.2, 0.25) is 0 Å². The average Bonchev–Trinajstić information content (AvgIpc) is 2.68. The number of rotatable bonds is 7. The van der Waals surface area contributed by atoms with Crippen LogP contribution in [-0.4, -0.2) is 62.5 Å². The van der Waals surface area contributed by atoms with E-state index in [9.17, 15) is 13.2 Å². The van der Waals surface area contributed by atoms with E-state index >= 15 is 0 Å². The number of benzene rings is 1. The average molecular weight is 409 g/mol. The van der Waals surface area contributed by atoms with Gasteiger partial charge in [-0.15, -0.1) is 0 Å². The normalized spacial score (nSPS) is 17.3. The minimum absolute atomic E-state index is 0.00186. The highest BCUT2D eigenvalue weighted by molar-refractivity contribution is 7.89. The van der Waals surface area contributed by atoms with Crippen molar-refractivity contribution in [1.29, 1.82) is 0 Å². The number of hydrogen-bond acceptors (Lipinski definition) is 5. The summed E-state index contributed by atoms with van der Waals surface area (Å²) in [4.78, 5) is 14.7. The molecule has 1 aliphatic heterocycles. The molecule has 1 aromatic rings. The molecule has 1 aliphatic rings. The predicted octanol–water partition coefficient (Wildman–Crippen LogP) is 2.55. The Morgan fingerprint density at radius 2 is 1.82 bits per heavy atom. The van der Waals surface area contributed by atoms with Crippen LogP contribution < -0.4 is 5.43 Å². The number of piperidine rings is 1. The second-order valence-corrected chi connectivity index (χ2v) is 9.63. The molecule has 0 spiro atoms. The van der Waals surface area contributed by atoms with Gasteiger partial charge >= 0.3 is 0 Å². The largest absolute Gasteiger partial charge is 0.306 e. The Labute approximate surface area is 168 Å². The third-order valence-corrected chi connectivity index (χ3v) is 7.25. The first-order valence-electron chi connectivity index (χ1n) is 9.80. The van der Waals surface area contributed by atoms with Crippen LogP contribution >= 0.6 is 0 Å². The number of hydrogen-bond donors (Lipinski definition) is 1. The number of hydrazone groups is 1. The van der Waals surface area contributed by atoms with Gasteiger partial charge in [-0.2, -0.15) is 9.41 Å². The summed E-state index contributed by atoms with van der Waals surface area (Å²) in [6.45, 7) is 7.82. The first-order valence-corrected chi connectivity index (χ1v) is 11.2. The molecule has 28 heavy (non-hydrogen) atoms. The molecule has 0 unspecified atom stereocenters. The van der Waals surface area contributed by atoms with Gasteiger partial charge in [-0.1, -0.05) is 20.8 Å². The van der Waals surface area contributed by atoms with Crippen LogP contribution in [0.1, 0.15) is 50.4 Å². The molecule has 1 heterocycles. The predicted molar refractivity (Wildman–Crippen MR) is 112 cm³/mol. The van der Waals surface area contributed by atoms with Crippen molar-refractivity contribution in [3.05, 3.63) is 29.8 Å². The highest BCUT2D eigenvalue weighted by atomic mass is 32.2. The Morgan fingerprint density at radius 1 is 1.25 bits per heavy atom. The summed E-state index contributed by atoms with van der Waals surface area (Å²) >= 11 is 0. The van der Waals surface area contributed by atoms with Gasteiger partial charge in [-0.3, -0.25) is 4.79 Å². The summed E-state index contributed by atoms with van der Waals surface area (Å²) in [5, 5.41) is 4.17. The van der Waals surface area contributed by atoms with E-state index in [4.69, 9.17) is 0 Å². The summed E-state index contributed by atoms with van der Waals surface area (Å²) < 4.78 is 27.3. The molecule has 0 saturated carbocycles. The van der Waals surface area contributed by atoms with Crippen LogP contribution in [0.5, 0.6) is 0 Å². The Morgan fingerprint density at radius 3 is 2.32 bits per heavy atom. The second kappa shape index (κ2) is 9.62. The molecule has 8 heteroatoms. The van der Waals surface area contributed by atoms with Crippen molar-refractivity contribution in [2.75, 3.05) is 27.2 Å². The van der Waals surface area contributed by atoms with Gasteiger partial charge in [0.1, 0.15) is 0 Å². The first kappa shape index (κ1) is 22.5. The summed E-state index contributed by atoms with van der Waals surface area (Å²) in [7, 11) is 0.0986. The summed E-state index contributed by atoms with van der Waals surface area (Å²) in [5.74, 6) is -0.0906. The maximum absolute atomic E-state index is 12.9. The van der Waals surface area contributed by atoms with Crippen LogP contribution in [0.15, 0.2) is 34.3 Å². The van der Waals surface area contributed by atoms with Crippen LogP contribution in [0.3, 0.4) is 0 Å². The maximum Gasteiger partial charge on any atom is 0.271 e. The molecule has 2 rings (SSSR count). The van der Waals surface area contributed by atoms with Gasteiger partial charge in [0, 0.05) is 24.4 Å². The fraction of sp³-hybridized carbons (Fsp3) is 0.600. The molecule has 7 nitrogen and oxygen atoms in total. The lowest BCUT2D eigenvalue weighted by atomic mass is 10.1. The van der Waals surface area contributed by atoms with E-state index in [0.717, 1.165) is 38.1 Å². The van der Waals surface area contributed by atoms with E-state index in [2.05, 4.69) is 15.4 Å². The number of nitrogens with one attached hydrogen (secondary N) is 1. The molecule has 1 N–H and O–H groups in total. The minimum Gasteiger partial charge on any atom is -0.306 e. The lowest BCUT2D eigenvalue weighted by Gasteiger charge is -2.34. The summed E-state index contributed by atoms with van der Waals surface area (Å²) in [6.07, 6.45) is 2.40. The first-order chi connectivity index (χ1) is 13.2. The maximum atomic E-state index is 12.9. The van der Waals surface area contributed by atoms with Crippen LogP contribution in [0.25, 0.3) is 0 Å². The fourth-order valence-electron chi connectivity index (χ4n) is 3.30. The summed E-state index contributed by atoms with van der Waals surface area (Å²) in [5.41, 5.74) is 3.84. The van der Waals surface area contributed by atoms with E-state index in [-0.39, 0.29) is 22.8 Å². The van der Waals surface area contributed by atoms with Gasteiger partial charge in [0.2, 0.25) is 10.0 Å². The quantitative estimate of drug-likeness (QED) is 0.555. The highest BCUT2D eigenvalue weighted by Gasteiger charge is 2.30. The molecule has 1 aromatic carbocycles. The van der Waals surface area contributed by atoms with Crippen LogP contribution in [-0.2, 0) is 10.0 Å². The van der Waals surface area contributed by atoms with Crippen molar-refractivity contribution in [3.8, 4) is 0 Å². The monoisotopic (exact) mass is 408 g/mol. The van der Waals surface area contributed by atoms with Gasteiger partial charge in [-0.25, -0.2) is 13.8 Å². The number of amides is 1. The molecular weight excluding hydrogens is 376 g/mol. The van der Waals surface area contributed by atoms with Crippen LogP contribution in [0.4, 0.5) is 0 Å². The van der Waals surface area contributed by atoms with Crippen molar-refractivity contribution < 1.29 is 13.2 Å². The van der Waals surface area contributed by atoms with E-state index < -0.39 is 10.0 Å². The number of likely N-dealkylation sites (tertiary alicyclic amines) is 1. The Balaban J connectivity index is 2.09. The molecule has 0 radical (unpaired) electrons. The van der Waals surface area contributed by atoms with Gasteiger partial charge in [0.05, 0.1) is 4.90 Å². The number of carbonyl (C=O) groups excluding carboxylic acids is 1. The SMILES string of the molecule is CC/C(=N/NC(=O)c1ccc(S(=O)(=O)N(C)C2CCN(C)CC2)cc1)C(C)C. The summed E-state index contributed by atoms with van der Waals surface area (Å²) in [6, 6.07) is 6.04. The second-order valence-electron chi connectivity index (χ2n) is 7.63. The molecule has 0 aliphatic carbocycles. The zero-order valence-corrected chi connectivity index (χ0v) is 18.3. The molecule has 0 bridgehead atoms. The number of carbonyl (C=O) groups is 1. The third-order valence-electron chi connectivity index (χ3n) is 5.33. The van der Waals surface area contributed by atoms with Crippen molar-refractivity contribution in [2.45, 2.75) is 51.0 Å². The molecule has 0 aromatic heterocycles. The van der Waals surface area contributed by atoms with Crippen molar-refractivity contribution in [2.24, 2.45) is 11.0 Å². The highest BCUT2D eigenvalue weighted by Crippen LogP contribution is 2.22. The van der Waals surface area contributed by atoms with Crippen molar-refractivity contribution in [3.63, 3.8) is 0 Å².